The van der Waals surface area contributed by atoms with Crippen molar-refractivity contribution in [3.63, 3.8) is 0 Å². The third kappa shape index (κ3) is 5.49. The number of carbonyl (C=O) groups is 1. The van der Waals surface area contributed by atoms with Crippen LogP contribution in [0, 0.1) is 0 Å². The Morgan fingerprint density at radius 3 is 2.43 bits per heavy atom. The number of hydrogen-bond donors (Lipinski definition) is 5. The Morgan fingerprint density at radius 1 is 1.29 bits per heavy atom. The number of alkyl carbamates (subject to hydrolysis) is 1. The van der Waals surface area contributed by atoms with Crippen molar-refractivity contribution in [2.24, 2.45) is 0 Å². The molecule has 0 aliphatic heterocycles. The summed E-state index contributed by atoms with van der Waals surface area (Å²) in [5.74, 6) is -0.511. The third-order valence-electron chi connectivity index (χ3n) is 2.55. The molecule has 118 valence electrons. The van der Waals surface area contributed by atoms with Crippen LogP contribution in [0.3, 0.4) is 0 Å². The summed E-state index contributed by atoms with van der Waals surface area (Å²) in [5, 5.41) is 40.8. The molecule has 2 unspecified atom stereocenters. The van der Waals surface area contributed by atoms with Gasteiger partial charge in [0.05, 0.1) is 0 Å². The highest BCUT2D eigenvalue weighted by molar-refractivity contribution is 5.67. The number of phenolic OH excluding ortho intramolecular Hbond substituents is 2. The smallest absolute Gasteiger partial charge is 0.407 e. The number of hydrogen-bond acceptors (Lipinski definition) is 6. The molecular weight excluding hydrogens is 278 g/mol. The molecule has 5 N–H and O–H groups in total. The Hall–Kier alpha value is -1.99. The molecule has 7 heteroatoms. The quantitative estimate of drug-likeness (QED) is 0.566. The Balaban J connectivity index is 2.59. The van der Waals surface area contributed by atoms with E-state index in [9.17, 15) is 20.1 Å². The summed E-state index contributed by atoms with van der Waals surface area (Å²) in [5.41, 5.74) is -0.616. The number of aliphatic hydroxyl groups is 2. The summed E-state index contributed by atoms with van der Waals surface area (Å²) < 4.78 is 4.99. The largest absolute Gasteiger partial charge is 0.508 e. The summed E-state index contributed by atoms with van der Waals surface area (Å²) in [6.45, 7) is 4.85. The molecule has 21 heavy (non-hydrogen) atoms. The van der Waals surface area contributed by atoms with Gasteiger partial charge in [0.15, 0.2) is 0 Å². The normalized spacial score (nSPS) is 14.3. The van der Waals surface area contributed by atoms with Crippen molar-refractivity contribution in [3.05, 3.63) is 23.8 Å². The summed E-state index contributed by atoms with van der Waals surface area (Å²) in [6.07, 6.45) is -3.47. The standard InChI is InChI=1S/C14H21NO6/c1-14(2,3)21-13(20)15-7-11(18)12(19)9-5-4-8(16)6-10(9)17/h4-6,11-12,16-19H,7H2,1-3H3,(H,15,20). The first-order chi connectivity index (χ1) is 9.60. The molecule has 1 aromatic carbocycles. The predicted octanol–water partition coefficient (Wildman–Crippen LogP) is 1.02. The van der Waals surface area contributed by atoms with Gasteiger partial charge < -0.3 is 30.5 Å². The van der Waals surface area contributed by atoms with E-state index in [4.69, 9.17) is 9.84 Å². The number of carbonyl (C=O) groups excluding carboxylic acids is 1. The van der Waals surface area contributed by atoms with Gasteiger partial charge in [0.1, 0.15) is 29.3 Å². The molecule has 0 aliphatic carbocycles. The van der Waals surface area contributed by atoms with Gasteiger partial charge in [0, 0.05) is 18.2 Å². The number of aromatic hydroxyl groups is 2. The fraction of sp³-hybridized carbons (Fsp3) is 0.500. The van der Waals surface area contributed by atoms with E-state index >= 15 is 0 Å². The van der Waals surface area contributed by atoms with Crippen molar-refractivity contribution in [1.82, 2.24) is 5.32 Å². The maximum absolute atomic E-state index is 11.4. The molecule has 1 rings (SSSR count). The van der Waals surface area contributed by atoms with E-state index in [1.54, 1.807) is 20.8 Å². The minimum Gasteiger partial charge on any atom is -0.508 e. The lowest BCUT2D eigenvalue weighted by atomic mass is 10.0. The fourth-order valence-electron chi connectivity index (χ4n) is 1.60. The molecule has 1 aromatic rings. The second-order valence-corrected chi connectivity index (χ2v) is 5.64. The molecule has 0 fully saturated rings. The Kier molecular flexibility index (Phi) is 5.40. The number of rotatable bonds is 4. The van der Waals surface area contributed by atoms with Gasteiger partial charge in [-0.2, -0.15) is 0 Å². The second-order valence-electron chi connectivity index (χ2n) is 5.64. The van der Waals surface area contributed by atoms with E-state index in [-0.39, 0.29) is 23.6 Å². The number of aliphatic hydroxyl groups excluding tert-OH is 2. The second kappa shape index (κ2) is 6.64. The molecule has 0 saturated heterocycles. The van der Waals surface area contributed by atoms with E-state index in [1.807, 2.05) is 0 Å². The lowest BCUT2D eigenvalue weighted by Gasteiger charge is -2.22. The van der Waals surface area contributed by atoms with Gasteiger partial charge in [0.25, 0.3) is 0 Å². The van der Waals surface area contributed by atoms with Crippen LogP contribution in [0.5, 0.6) is 11.5 Å². The third-order valence-corrected chi connectivity index (χ3v) is 2.55. The van der Waals surface area contributed by atoms with Crippen molar-refractivity contribution in [2.45, 2.75) is 38.6 Å². The zero-order valence-corrected chi connectivity index (χ0v) is 12.2. The minimum atomic E-state index is -1.42. The lowest BCUT2D eigenvalue weighted by Crippen LogP contribution is -2.38. The monoisotopic (exact) mass is 299 g/mol. The molecule has 0 radical (unpaired) electrons. The molecule has 0 aliphatic rings. The SMILES string of the molecule is CC(C)(C)OC(=O)NCC(O)C(O)c1ccc(O)cc1O. The van der Waals surface area contributed by atoms with Gasteiger partial charge in [-0.15, -0.1) is 0 Å². The first-order valence-corrected chi connectivity index (χ1v) is 6.45. The Morgan fingerprint density at radius 2 is 1.90 bits per heavy atom. The molecule has 0 bridgehead atoms. The van der Waals surface area contributed by atoms with E-state index in [1.165, 1.54) is 12.1 Å². The van der Waals surface area contributed by atoms with Crippen molar-refractivity contribution < 1.29 is 30.0 Å². The van der Waals surface area contributed by atoms with E-state index in [0.717, 1.165) is 6.07 Å². The number of amides is 1. The van der Waals surface area contributed by atoms with Gasteiger partial charge in [0.2, 0.25) is 0 Å². The van der Waals surface area contributed by atoms with Crippen molar-refractivity contribution >= 4 is 6.09 Å². The number of nitrogens with one attached hydrogen (secondary N) is 1. The van der Waals surface area contributed by atoms with Crippen LogP contribution >= 0.6 is 0 Å². The lowest BCUT2D eigenvalue weighted by molar-refractivity contribution is 0.0119. The van der Waals surface area contributed by atoms with Crippen LogP contribution in [-0.4, -0.2) is 44.8 Å². The van der Waals surface area contributed by atoms with Gasteiger partial charge >= 0.3 is 6.09 Å². The molecule has 0 aromatic heterocycles. The highest BCUT2D eigenvalue weighted by Crippen LogP contribution is 2.29. The Bertz CT molecular complexity index is 497. The van der Waals surface area contributed by atoms with E-state index < -0.39 is 23.9 Å². The van der Waals surface area contributed by atoms with Gasteiger partial charge in [-0.25, -0.2) is 4.79 Å². The molecule has 0 saturated carbocycles. The Labute approximate surface area is 122 Å². The van der Waals surface area contributed by atoms with Gasteiger partial charge in [-0.1, -0.05) is 0 Å². The van der Waals surface area contributed by atoms with Gasteiger partial charge in [-0.3, -0.25) is 0 Å². The van der Waals surface area contributed by atoms with Crippen molar-refractivity contribution in [1.29, 1.82) is 0 Å². The van der Waals surface area contributed by atoms with Crippen LogP contribution in [-0.2, 0) is 4.74 Å². The summed E-state index contributed by atoms with van der Waals surface area (Å²) >= 11 is 0. The van der Waals surface area contributed by atoms with Crippen LogP contribution in [0.2, 0.25) is 0 Å². The average molecular weight is 299 g/mol. The van der Waals surface area contributed by atoms with Crippen molar-refractivity contribution in [2.75, 3.05) is 6.54 Å². The topological polar surface area (TPSA) is 119 Å². The maximum Gasteiger partial charge on any atom is 0.407 e. The number of ether oxygens (including phenoxy) is 1. The average Bonchev–Trinajstić information content (AvgIpc) is 2.33. The van der Waals surface area contributed by atoms with E-state index in [2.05, 4.69) is 5.32 Å². The molecule has 1 amide bonds. The first-order valence-electron chi connectivity index (χ1n) is 6.45. The maximum atomic E-state index is 11.4. The van der Waals surface area contributed by atoms with Crippen LogP contribution in [0.1, 0.15) is 32.4 Å². The molecule has 7 nitrogen and oxygen atoms in total. The summed E-state index contributed by atoms with van der Waals surface area (Å²) in [4.78, 5) is 11.4. The van der Waals surface area contributed by atoms with Crippen LogP contribution in [0.4, 0.5) is 4.79 Å². The minimum absolute atomic E-state index is 0.0475. The fourth-order valence-corrected chi connectivity index (χ4v) is 1.60. The molecular formula is C14H21NO6. The highest BCUT2D eigenvalue weighted by Gasteiger charge is 2.23. The van der Waals surface area contributed by atoms with Crippen molar-refractivity contribution in [3.8, 4) is 11.5 Å². The molecule has 0 spiro atoms. The summed E-state index contributed by atoms with van der Waals surface area (Å²) in [7, 11) is 0. The van der Waals surface area contributed by atoms with Crippen LogP contribution in [0.15, 0.2) is 18.2 Å². The highest BCUT2D eigenvalue weighted by atomic mass is 16.6. The van der Waals surface area contributed by atoms with Gasteiger partial charge in [-0.05, 0) is 32.9 Å². The number of phenols is 2. The molecule has 0 heterocycles. The number of benzene rings is 1. The summed E-state index contributed by atoms with van der Waals surface area (Å²) in [6, 6.07) is 3.60. The molecule has 2 atom stereocenters. The van der Waals surface area contributed by atoms with Crippen LogP contribution in [0.25, 0.3) is 0 Å². The first kappa shape index (κ1) is 17.1. The van der Waals surface area contributed by atoms with Crippen LogP contribution < -0.4 is 5.32 Å². The predicted molar refractivity (Wildman–Crippen MR) is 75.0 cm³/mol. The zero-order valence-electron chi connectivity index (χ0n) is 12.2. The zero-order chi connectivity index (χ0) is 16.2. The van der Waals surface area contributed by atoms with E-state index in [0.29, 0.717) is 0 Å².